The summed E-state index contributed by atoms with van der Waals surface area (Å²) in [4.78, 5) is 16.4. The maximum absolute atomic E-state index is 11.8. The average molecular weight is 321 g/mol. The van der Waals surface area contributed by atoms with E-state index in [1.54, 1.807) is 11.8 Å². The Morgan fingerprint density at radius 1 is 1.41 bits per heavy atom. The van der Waals surface area contributed by atoms with Crippen LogP contribution in [0, 0.1) is 12.8 Å². The van der Waals surface area contributed by atoms with Crippen molar-refractivity contribution < 1.29 is 9.90 Å². The Kier molecular flexibility index (Phi) is 5.85. The fourth-order valence-electron chi connectivity index (χ4n) is 2.07. The molecule has 0 aliphatic heterocycles. The molecule has 0 spiro atoms. The van der Waals surface area contributed by atoms with Crippen molar-refractivity contribution in [2.75, 3.05) is 12.4 Å². The van der Waals surface area contributed by atoms with Gasteiger partial charge < -0.3 is 14.8 Å². The van der Waals surface area contributed by atoms with Crippen LogP contribution in [0.1, 0.15) is 25.1 Å². The first-order chi connectivity index (χ1) is 10.5. The van der Waals surface area contributed by atoms with E-state index in [1.807, 2.05) is 49.7 Å². The number of nitrogens with zero attached hydrogens (tertiary/aromatic N) is 2. The van der Waals surface area contributed by atoms with Gasteiger partial charge in [-0.1, -0.05) is 13.0 Å². The number of aromatic nitrogens is 2. The van der Waals surface area contributed by atoms with Gasteiger partial charge in [-0.15, -0.1) is 11.8 Å². The summed E-state index contributed by atoms with van der Waals surface area (Å²) in [7, 11) is 0. The first-order valence-electron chi connectivity index (χ1n) is 7.42. The van der Waals surface area contributed by atoms with Gasteiger partial charge in [-0.25, -0.2) is 4.98 Å². The minimum atomic E-state index is -0.0173. The molecule has 0 aromatic carbocycles. The summed E-state index contributed by atoms with van der Waals surface area (Å²) in [5.41, 5.74) is 3.09. The van der Waals surface area contributed by atoms with Crippen molar-refractivity contribution in [3.05, 3.63) is 35.8 Å². The van der Waals surface area contributed by atoms with E-state index in [9.17, 15) is 4.79 Å². The Morgan fingerprint density at radius 2 is 2.18 bits per heavy atom. The van der Waals surface area contributed by atoms with Crippen LogP contribution in [0.2, 0.25) is 0 Å². The maximum atomic E-state index is 11.8. The summed E-state index contributed by atoms with van der Waals surface area (Å²) < 4.78 is 2.01. The second-order valence-corrected chi connectivity index (χ2v) is 6.70. The van der Waals surface area contributed by atoms with E-state index in [0.29, 0.717) is 11.5 Å². The van der Waals surface area contributed by atoms with Crippen molar-refractivity contribution >= 4 is 23.3 Å². The van der Waals surface area contributed by atoms with Gasteiger partial charge in [0.2, 0.25) is 5.91 Å². The fourth-order valence-corrected chi connectivity index (χ4v) is 2.79. The predicted molar refractivity (Wildman–Crippen MR) is 89.9 cm³/mol. The molecule has 0 saturated carbocycles. The summed E-state index contributed by atoms with van der Waals surface area (Å²) in [5.74, 6) is 1.17. The van der Waals surface area contributed by atoms with E-state index in [-0.39, 0.29) is 24.5 Å². The molecule has 0 aliphatic rings. The van der Waals surface area contributed by atoms with Crippen LogP contribution in [-0.2, 0) is 10.5 Å². The van der Waals surface area contributed by atoms with E-state index in [2.05, 4.69) is 10.3 Å². The number of nitrogens with one attached hydrogen (secondary N) is 1. The zero-order valence-electron chi connectivity index (χ0n) is 13.2. The highest BCUT2D eigenvalue weighted by molar-refractivity contribution is 7.99. The number of rotatable bonds is 7. The number of pyridine rings is 1. The van der Waals surface area contributed by atoms with Gasteiger partial charge in [0.1, 0.15) is 5.65 Å². The summed E-state index contributed by atoms with van der Waals surface area (Å²) in [6.45, 7) is 5.95. The van der Waals surface area contributed by atoms with Gasteiger partial charge in [0.05, 0.1) is 11.4 Å². The molecule has 2 atom stereocenters. The number of hydrogen-bond donors (Lipinski definition) is 2. The van der Waals surface area contributed by atoms with Crippen LogP contribution in [-0.4, -0.2) is 38.8 Å². The number of thioether (sulfide) groups is 1. The zero-order chi connectivity index (χ0) is 16.1. The van der Waals surface area contributed by atoms with E-state index in [4.69, 9.17) is 5.11 Å². The van der Waals surface area contributed by atoms with Crippen molar-refractivity contribution in [3.63, 3.8) is 0 Å². The molecular weight excluding hydrogens is 298 g/mol. The Labute approximate surface area is 135 Å². The second kappa shape index (κ2) is 7.65. The van der Waals surface area contributed by atoms with Gasteiger partial charge >= 0.3 is 0 Å². The summed E-state index contributed by atoms with van der Waals surface area (Å²) >= 11 is 1.54. The van der Waals surface area contributed by atoms with Crippen molar-refractivity contribution in [3.8, 4) is 0 Å². The van der Waals surface area contributed by atoms with Crippen LogP contribution in [0.4, 0.5) is 0 Å². The first-order valence-corrected chi connectivity index (χ1v) is 8.57. The Balaban J connectivity index is 1.81. The lowest BCUT2D eigenvalue weighted by atomic mass is 10.1. The normalized spacial score (nSPS) is 14.0. The van der Waals surface area contributed by atoms with E-state index >= 15 is 0 Å². The van der Waals surface area contributed by atoms with Gasteiger partial charge in [0.15, 0.2) is 0 Å². The monoisotopic (exact) mass is 321 g/mol. The molecule has 2 N–H and O–H groups in total. The highest BCUT2D eigenvalue weighted by Crippen LogP contribution is 2.14. The lowest BCUT2D eigenvalue weighted by Gasteiger charge is -2.18. The maximum Gasteiger partial charge on any atom is 0.230 e. The predicted octanol–water partition coefficient (Wildman–Crippen LogP) is 2.01. The number of imidazole rings is 1. The first kappa shape index (κ1) is 16.8. The number of carbonyl (C=O) groups is 1. The van der Waals surface area contributed by atoms with Gasteiger partial charge in [0.25, 0.3) is 0 Å². The molecule has 0 saturated heterocycles. The number of aliphatic hydroxyl groups excluding tert-OH is 1. The largest absolute Gasteiger partial charge is 0.396 e. The van der Waals surface area contributed by atoms with Crippen LogP contribution >= 0.6 is 11.8 Å². The fraction of sp³-hybridized carbons (Fsp3) is 0.500. The van der Waals surface area contributed by atoms with Crippen LogP contribution in [0.5, 0.6) is 0 Å². The zero-order valence-corrected chi connectivity index (χ0v) is 14.1. The second-order valence-electron chi connectivity index (χ2n) is 5.71. The lowest BCUT2D eigenvalue weighted by Crippen LogP contribution is -2.39. The van der Waals surface area contributed by atoms with Crippen molar-refractivity contribution in [1.29, 1.82) is 0 Å². The molecule has 2 rings (SSSR count). The Morgan fingerprint density at radius 3 is 2.91 bits per heavy atom. The number of aryl methyl sites for hydroxylation is 1. The minimum absolute atomic E-state index is 0.00240. The van der Waals surface area contributed by atoms with Gasteiger partial charge in [0, 0.05) is 30.8 Å². The van der Waals surface area contributed by atoms with E-state index < -0.39 is 0 Å². The molecular formula is C16H23N3O2S. The lowest BCUT2D eigenvalue weighted by molar-refractivity contribution is -0.119. The van der Waals surface area contributed by atoms with Crippen molar-refractivity contribution in [2.45, 2.75) is 32.6 Å². The van der Waals surface area contributed by atoms with Crippen LogP contribution in [0.15, 0.2) is 24.5 Å². The quantitative estimate of drug-likeness (QED) is 0.819. The van der Waals surface area contributed by atoms with E-state index in [0.717, 1.165) is 11.3 Å². The number of aliphatic hydroxyl groups is 1. The molecule has 1 amide bonds. The van der Waals surface area contributed by atoms with Crippen molar-refractivity contribution in [1.82, 2.24) is 14.7 Å². The van der Waals surface area contributed by atoms with Crippen LogP contribution in [0.25, 0.3) is 5.65 Å². The third-order valence-electron chi connectivity index (χ3n) is 3.66. The molecule has 2 aromatic heterocycles. The average Bonchev–Trinajstić information content (AvgIpc) is 2.87. The standard InChI is InChI=1S/C16H23N3O2S/c1-11-4-5-15-18-14(7-19(15)6-11)9-22-10-16(21)17-13(3)12(2)8-20/h4-7,12-13,20H,8-10H2,1-3H3,(H,17,21). The molecule has 2 unspecified atom stereocenters. The van der Waals surface area contributed by atoms with Crippen LogP contribution in [0.3, 0.4) is 0 Å². The summed E-state index contributed by atoms with van der Waals surface area (Å²) in [6.07, 6.45) is 4.05. The summed E-state index contributed by atoms with van der Waals surface area (Å²) in [6, 6.07) is 4.01. The highest BCUT2D eigenvalue weighted by Gasteiger charge is 2.13. The number of fused-ring (bicyclic) bond motifs is 1. The number of hydrogen-bond acceptors (Lipinski definition) is 4. The number of amides is 1. The number of carbonyl (C=O) groups excluding carboxylic acids is 1. The molecule has 5 nitrogen and oxygen atoms in total. The molecule has 0 radical (unpaired) electrons. The molecule has 2 aromatic rings. The topological polar surface area (TPSA) is 66.6 Å². The van der Waals surface area contributed by atoms with Crippen LogP contribution < -0.4 is 5.32 Å². The Bertz CT molecular complexity index is 641. The third kappa shape index (κ3) is 4.48. The highest BCUT2D eigenvalue weighted by atomic mass is 32.2. The van der Waals surface area contributed by atoms with Gasteiger partial charge in [-0.05, 0) is 31.4 Å². The molecule has 0 aliphatic carbocycles. The van der Waals surface area contributed by atoms with E-state index in [1.165, 1.54) is 5.56 Å². The SMILES string of the molecule is Cc1ccc2nc(CSCC(=O)NC(C)C(C)CO)cn2c1. The van der Waals surface area contributed by atoms with Crippen molar-refractivity contribution in [2.24, 2.45) is 5.92 Å². The van der Waals surface area contributed by atoms with Gasteiger partial charge in [-0.2, -0.15) is 0 Å². The minimum Gasteiger partial charge on any atom is -0.396 e. The molecule has 22 heavy (non-hydrogen) atoms. The smallest absolute Gasteiger partial charge is 0.230 e. The van der Waals surface area contributed by atoms with Gasteiger partial charge in [-0.3, -0.25) is 4.79 Å². The third-order valence-corrected chi connectivity index (χ3v) is 4.63. The Hall–Kier alpha value is -1.53. The molecule has 6 heteroatoms. The summed E-state index contributed by atoms with van der Waals surface area (Å²) in [5, 5.41) is 12.0. The molecule has 0 bridgehead atoms. The molecule has 120 valence electrons. The molecule has 0 fully saturated rings. The molecule has 2 heterocycles.